The Hall–Kier alpha value is -2.51. The zero-order valence-corrected chi connectivity index (χ0v) is 15.1. The highest BCUT2D eigenvalue weighted by molar-refractivity contribution is 7.89. The van der Waals surface area contributed by atoms with Crippen molar-refractivity contribution in [2.45, 2.75) is 32.2 Å². The van der Waals surface area contributed by atoms with Crippen LogP contribution < -0.4 is 4.72 Å². The van der Waals surface area contributed by atoms with Gasteiger partial charge in [0.1, 0.15) is 0 Å². The lowest BCUT2D eigenvalue weighted by molar-refractivity contribution is 0.376. The number of aryl methyl sites for hydroxylation is 3. The van der Waals surface area contributed by atoms with Crippen LogP contribution in [0.2, 0.25) is 0 Å². The summed E-state index contributed by atoms with van der Waals surface area (Å²) in [6.45, 7) is 5.54. The third-order valence-electron chi connectivity index (χ3n) is 3.82. The fourth-order valence-corrected chi connectivity index (χ4v) is 3.68. The van der Waals surface area contributed by atoms with Gasteiger partial charge >= 0.3 is 0 Å². The minimum atomic E-state index is -3.65. The molecule has 0 atom stereocenters. The Bertz CT molecular complexity index is 993. The van der Waals surface area contributed by atoms with Crippen LogP contribution in [0, 0.1) is 20.8 Å². The van der Waals surface area contributed by atoms with Crippen molar-refractivity contribution in [3.05, 3.63) is 65.0 Å². The molecule has 0 unspecified atom stereocenters. The molecule has 0 saturated heterocycles. The van der Waals surface area contributed by atoms with E-state index in [-0.39, 0.29) is 17.3 Å². The van der Waals surface area contributed by atoms with Crippen LogP contribution in [0.3, 0.4) is 0 Å². The molecular weight excluding hydrogens is 338 g/mol. The summed E-state index contributed by atoms with van der Waals surface area (Å²) < 4.78 is 32.6. The number of nitrogens with one attached hydrogen (secondary N) is 1. The van der Waals surface area contributed by atoms with Gasteiger partial charge in [-0.2, -0.15) is 4.98 Å². The van der Waals surface area contributed by atoms with Crippen LogP contribution in [0.5, 0.6) is 0 Å². The van der Waals surface area contributed by atoms with Crippen molar-refractivity contribution in [3.63, 3.8) is 0 Å². The van der Waals surface area contributed by atoms with Crippen LogP contribution in [0.15, 0.2) is 51.9 Å². The molecule has 0 aliphatic carbocycles. The van der Waals surface area contributed by atoms with Crippen molar-refractivity contribution >= 4 is 10.0 Å². The van der Waals surface area contributed by atoms with Crippen LogP contribution in [0.4, 0.5) is 0 Å². The Morgan fingerprint density at radius 2 is 1.68 bits per heavy atom. The molecule has 1 aromatic heterocycles. The van der Waals surface area contributed by atoms with E-state index in [9.17, 15) is 8.42 Å². The van der Waals surface area contributed by atoms with Crippen molar-refractivity contribution in [3.8, 4) is 11.4 Å². The fraction of sp³-hybridized carbons (Fsp3) is 0.222. The summed E-state index contributed by atoms with van der Waals surface area (Å²) in [5, 5.41) is 3.90. The van der Waals surface area contributed by atoms with Gasteiger partial charge in [-0.15, -0.1) is 0 Å². The summed E-state index contributed by atoms with van der Waals surface area (Å²) in [5.41, 5.74) is 3.51. The monoisotopic (exact) mass is 357 g/mol. The van der Waals surface area contributed by atoms with Gasteiger partial charge in [-0.1, -0.05) is 47.1 Å². The summed E-state index contributed by atoms with van der Waals surface area (Å²) >= 11 is 0. The normalized spacial score (nSPS) is 11.6. The molecule has 2 aromatic carbocycles. The highest BCUT2D eigenvalue weighted by atomic mass is 32.2. The van der Waals surface area contributed by atoms with Crippen LogP contribution in [-0.4, -0.2) is 18.6 Å². The highest BCUT2D eigenvalue weighted by Crippen LogP contribution is 2.18. The van der Waals surface area contributed by atoms with Crippen molar-refractivity contribution in [1.82, 2.24) is 14.9 Å². The van der Waals surface area contributed by atoms with E-state index >= 15 is 0 Å². The number of rotatable bonds is 5. The number of nitrogens with zero attached hydrogens (tertiary/aromatic N) is 2. The summed E-state index contributed by atoms with van der Waals surface area (Å²) in [7, 11) is -3.65. The van der Waals surface area contributed by atoms with Gasteiger partial charge in [0.05, 0.1) is 11.4 Å². The quantitative estimate of drug-likeness (QED) is 0.758. The van der Waals surface area contributed by atoms with E-state index < -0.39 is 10.0 Å². The Kier molecular flexibility index (Phi) is 4.69. The Morgan fingerprint density at radius 1 is 1.00 bits per heavy atom. The molecule has 0 aliphatic heterocycles. The molecule has 6 nitrogen and oxygen atoms in total. The Balaban J connectivity index is 1.75. The third kappa shape index (κ3) is 3.94. The molecule has 7 heteroatoms. The number of sulfonamides is 1. The fourth-order valence-electron chi connectivity index (χ4n) is 2.38. The first-order chi connectivity index (χ1) is 11.8. The van der Waals surface area contributed by atoms with Gasteiger partial charge in [-0.05, 0) is 38.0 Å². The molecular formula is C18H19N3O3S. The van der Waals surface area contributed by atoms with Crippen molar-refractivity contribution in [1.29, 1.82) is 0 Å². The van der Waals surface area contributed by atoms with Gasteiger partial charge in [-0.25, -0.2) is 13.1 Å². The summed E-state index contributed by atoms with van der Waals surface area (Å²) in [6.07, 6.45) is 0. The standard InChI is InChI=1S/C18H19N3O3S/c1-12-5-8-15(9-6-12)18-20-17(24-21-18)11-19-25(22,23)16-10-13(2)4-7-14(16)3/h4-10,19H,11H2,1-3H3. The number of hydrogen-bond donors (Lipinski definition) is 1. The topological polar surface area (TPSA) is 85.1 Å². The van der Waals surface area contributed by atoms with E-state index in [1.807, 2.05) is 44.2 Å². The smallest absolute Gasteiger partial charge is 0.242 e. The van der Waals surface area contributed by atoms with Gasteiger partial charge in [0.2, 0.25) is 21.7 Å². The largest absolute Gasteiger partial charge is 0.338 e. The van der Waals surface area contributed by atoms with Gasteiger partial charge in [0.25, 0.3) is 0 Å². The van der Waals surface area contributed by atoms with Gasteiger partial charge in [0.15, 0.2) is 0 Å². The second-order valence-electron chi connectivity index (χ2n) is 5.97. The maximum atomic E-state index is 12.5. The van der Waals surface area contributed by atoms with E-state index in [2.05, 4.69) is 14.9 Å². The van der Waals surface area contributed by atoms with Crippen molar-refractivity contribution in [2.75, 3.05) is 0 Å². The zero-order chi connectivity index (χ0) is 18.0. The maximum absolute atomic E-state index is 12.5. The average Bonchev–Trinajstić information content (AvgIpc) is 3.05. The van der Waals surface area contributed by atoms with Crippen LogP contribution in [-0.2, 0) is 16.6 Å². The molecule has 0 bridgehead atoms. The molecule has 3 aromatic rings. The molecule has 1 N–H and O–H groups in total. The SMILES string of the molecule is Cc1ccc(-c2noc(CNS(=O)(=O)c3cc(C)ccc3C)n2)cc1. The molecule has 25 heavy (non-hydrogen) atoms. The lowest BCUT2D eigenvalue weighted by Crippen LogP contribution is -2.24. The molecule has 0 radical (unpaired) electrons. The number of hydrogen-bond acceptors (Lipinski definition) is 5. The summed E-state index contributed by atoms with van der Waals surface area (Å²) in [4.78, 5) is 4.50. The van der Waals surface area contributed by atoms with E-state index in [0.29, 0.717) is 11.4 Å². The molecule has 3 rings (SSSR count). The third-order valence-corrected chi connectivity index (χ3v) is 5.37. The first kappa shape index (κ1) is 17.3. The maximum Gasteiger partial charge on any atom is 0.242 e. The van der Waals surface area contributed by atoms with Gasteiger partial charge < -0.3 is 4.52 Å². The van der Waals surface area contributed by atoms with E-state index in [1.165, 1.54) is 0 Å². The molecule has 130 valence electrons. The van der Waals surface area contributed by atoms with E-state index in [1.54, 1.807) is 19.1 Å². The molecule has 0 saturated carbocycles. The Labute approximate surface area is 147 Å². The average molecular weight is 357 g/mol. The molecule has 0 spiro atoms. The zero-order valence-electron chi connectivity index (χ0n) is 14.3. The van der Waals surface area contributed by atoms with Crippen LogP contribution in [0.1, 0.15) is 22.6 Å². The minimum absolute atomic E-state index is 0.0609. The van der Waals surface area contributed by atoms with E-state index in [0.717, 1.165) is 16.7 Å². The second-order valence-corrected chi connectivity index (χ2v) is 7.71. The predicted molar refractivity (Wildman–Crippen MR) is 94.4 cm³/mol. The molecule has 1 heterocycles. The molecule has 0 aliphatic rings. The molecule has 0 amide bonds. The number of aromatic nitrogens is 2. The Morgan fingerprint density at radius 3 is 2.40 bits per heavy atom. The van der Waals surface area contributed by atoms with Gasteiger partial charge in [-0.3, -0.25) is 0 Å². The summed E-state index contributed by atoms with van der Waals surface area (Å²) in [6, 6.07) is 13.0. The lowest BCUT2D eigenvalue weighted by atomic mass is 10.1. The van der Waals surface area contributed by atoms with Crippen molar-refractivity contribution < 1.29 is 12.9 Å². The predicted octanol–water partition coefficient (Wildman–Crippen LogP) is 3.14. The van der Waals surface area contributed by atoms with E-state index in [4.69, 9.17) is 4.52 Å². The summed E-state index contributed by atoms with van der Waals surface area (Å²) in [5.74, 6) is 0.644. The first-order valence-corrected chi connectivity index (χ1v) is 9.30. The van der Waals surface area contributed by atoms with Crippen LogP contribution in [0.25, 0.3) is 11.4 Å². The first-order valence-electron chi connectivity index (χ1n) is 7.82. The van der Waals surface area contributed by atoms with Gasteiger partial charge in [0, 0.05) is 5.56 Å². The molecule has 0 fully saturated rings. The minimum Gasteiger partial charge on any atom is -0.338 e. The van der Waals surface area contributed by atoms with Crippen molar-refractivity contribution in [2.24, 2.45) is 0 Å². The lowest BCUT2D eigenvalue weighted by Gasteiger charge is -2.08. The highest BCUT2D eigenvalue weighted by Gasteiger charge is 2.18. The van der Waals surface area contributed by atoms with Crippen LogP contribution >= 0.6 is 0 Å². The number of benzene rings is 2. The second kappa shape index (κ2) is 6.78.